The van der Waals surface area contributed by atoms with Crippen molar-refractivity contribution >= 4 is 11.0 Å². The number of fused-ring (bicyclic) bond motifs is 1. The van der Waals surface area contributed by atoms with Gasteiger partial charge >= 0.3 is 0 Å². The highest BCUT2D eigenvalue weighted by molar-refractivity contribution is 5.84. The molecule has 0 saturated heterocycles. The highest BCUT2D eigenvalue weighted by atomic mass is 16.5. The molecule has 2 heterocycles. The number of methoxy groups -OCH3 is 2. The minimum atomic E-state index is 0.619. The van der Waals surface area contributed by atoms with Crippen LogP contribution in [-0.4, -0.2) is 24.2 Å². The number of hydrogen-bond acceptors (Lipinski definition) is 4. The van der Waals surface area contributed by atoms with Crippen LogP contribution in [0.1, 0.15) is 0 Å². The Hall–Kier alpha value is -1.84. The molecule has 0 aromatic carbocycles. The third-order valence-electron chi connectivity index (χ3n) is 1.98. The van der Waals surface area contributed by atoms with Gasteiger partial charge in [-0.3, -0.25) is 0 Å². The second kappa shape index (κ2) is 3.49. The lowest BCUT2D eigenvalue weighted by Gasteiger charge is -2.08. The molecular weight excluding hydrogens is 180 g/mol. The Morgan fingerprint density at radius 1 is 1.14 bits per heavy atom. The molecule has 72 valence electrons. The average molecular weight is 190 g/mol. The van der Waals surface area contributed by atoms with Crippen LogP contribution >= 0.6 is 0 Å². The summed E-state index contributed by atoms with van der Waals surface area (Å²) in [5.74, 6) is 1.29. The largest absolute Gasteiger partial charge is 0.492 e. The zero-order valence-electron chi connectivity index (χ0n) is 8.02. The van der Waals surface area contributed by atoms with Gasteiger partial charge in [0.1, 0.15) is 0 Å². The molecule has 0 amide bonds. The van der Waals surface area contributed by atoms with Crippen LogP contribution in [-0.2, 0) is 0 Å². The standard InChI is InChI=1S/C10H10N2O2/c1-13-8-6-12-10-7(9(8)14-2)4-3-5-11-10/h3-6H,1-2H3. The van der Waals surface area contributed by atoms with Crippen molar-refractivity contribution in [3.63, 3.8) is 0 Å². The minimum Gasteiger partial charge on any atom is -0.492 e. The van der Waals surface area contributed by atoms with E-state index in [1.165, 1.54) is 0 Å². The van der Waals surface area contributed by atoms with Crippen LogP contribution in [0.5, 0.6) is 11.5 Å². The van der Waals surface area contributed by atoms with E-state index >= 15 is 0 Å². The van der Waals surface area contributed by atoms with Crippen molar-refractivity contribution in [1.29, 1.82) is 0 Å². The van der Waals surface area contributed by atoms with Crippen molar-refractivity contribution < 1.29 is 9.47 Å². The first-order chi connectivity index (χ1) is 6.86. The number of pyridine rings is 2. The van der Waals surface area contributed by atoms with Gasteiger partial charge in [0.25, 0.3) is 0 Å². The first-order valence-electron chi connectivity index (χ1n) is 4.18. The fourth-order valence-electron chi connectivity index (χ4n) is 1.34. The molecule has 14 heavy (non-hydrogen) atoms. The fourth-order valence-corrected chi connectivity index (χ4v) is 1.34. The van der Waals surface area contributed by atoms with Crippen molar-refractivity contribution in [3.8, 4) is 11.5 Å². The molecule has 0 aliphatic rings. The maximum absolute atomic E-state index is 5.24. The lowest BCUT2D eigenvalue weighted by Crippen LogP contribution is -1.94. The van der Waals surface area contributed by atoms with E-state index in [9.17, 15) is 0 Å². The first-order valence-corrected chi connectivity index (χ1v) is 4.18. The van der Waals surface area contributed by atoms with E-state index < -0.39 is 0 Å². The first kappa shape index (κ1) is 8.74. The van der Waals surface area contributed by atoms with E-state index in [2.05, 4.69) is 9.97 Å². The summed E-state index contributed by atoms with van der Waals surface area (Å²) in [6.07, 6.45) is 3.30. The smallest absolute Gasteiger partial charge is 0.179 e. The quantitative estimate of drug-likeness (QED) is 0.722. The molecule has 0 aliphatic heterocycles. The van der Waals surface area contributed by atoms with Gasteiger partial charge in [0.15, 0.2) is 17.1 Å². The maximum atomic E-state index is 5.24. The predicted molar refractivity (Wildman–Crippen MR) is 52.6 cm³/mol. The Labute approximate surface area is 81.5 Å². The predicted octanol–water partition coefficient (Wildman–Crippen LogP) is 1.65. The lowest BCUT2D eigenvalue weighted by atomic mass is 10.2. The van der Waals surface area contributed by atoms with Gasteiger partial charge in [-0.1, -0.05) is 0 Å². The van der Waals surface area contributed by atoms with Crippen LogP contribution < -0.4 is 9.47 Å². The zero-order valence-corrected chi connectivity index (χ0v) is 8.02. The number of rotatable bonds is 2. The van der Waals surface area contributed by atoms with Crippen molar-refractivity contribution in [2.75, 3.05) is 14.2 Å². The summed E-state index contributed by atoms with van der Waals surface area (Å²) in [5, 5.41) is 0.856. The molecule has 4 heteroatoms. The van der Waals surface area contributed by atoms with Gasteiger partial charge in [0, 0.05) is 6.20 Å². The summed E-state index contributed by atoms with van der Waals surface area (Å²) in [6.45, 7) is 0. The number of ether oxygens (including phenoxy) is 2. The van der Waals surface area contributed by atoms with Crippen LogP contribution in [0.3, 0.4) is 0 Å². The van der Waals surface area contributed by atoms with Crippen LogP contribution in [0.4, 0.5) is 0 Å². The summed E-state index contributed by atoms with van der Waals surface area (Å²) in [5.41, 5.74) is 0.658. The van der Waals surface area contributed by atoms with Crippen LogP contribution in [0.2, 0.25) is 0 Å². The second-order valence-electron chi connectivity index (χ2n) is 2.73. The molecule has 2 aromatic heterocycles. The molecule has 0 unspecified atom stereocenters. The molecule has 0 N–H and O–H groups in total. The Kier molecular flexibility index (Phi) is 2.18. The molecule has 2 aromatic rings. The topological polar surface area (TPSA) is 44.2 Å². The molecule has 0 saturated carbocycles. The Bertz CT molecular complexity index is 457. The Morgan fingerprint density at radius 3 is 2.71 bits per heavy atom. The highest BCUT2D eigenvalue weighted by Crippen LogP contribution is 2.32. The fraction of sp³-hybridized carbons (Fsp3) is 0.200. The third kappa shape index (κ3) is 1.25. The average Bonchev–Trinajstić information content (AvgIpc) is 2.27. The molecule has 0 radical (unpaired) electrons. The van der Waals surface area contributed by atoms with Gasteiger partial charge in [-0.05, 0) is 12.1 Å². The van der Waals surface area contributed by atoms with Crippen LogP contribution in [0.15, 0.2) is 24.5 Å². The van der Waals surface area contributed by atoms with Gasteiger partial charge in [-0.25, -0.2) is 9.97 Å². The molecular formula is C10H10N2O2. The van der Waals surface area contributed by atoms with Crippen molar-refractivity contribution in [1.82, 2.24) is 9.97 Å². The number of hydrogen-bond donors (Lipinski definition) is 0. The van der Waals surface area contributed by atoms with Crippen LogP contribution in [0.25, 0.3) is 11.0 Å². The SMILES string of the molecule is COc1cnc2ncccc2c1OC. The van der Waals surface area contributed by atoms with Crippen molar-refractivity contribution in [3.05, 3.63) is 24.5 Å². The number of nitrogens with zero attached hydrogens (tertiary/aromatic N) is 2. The minimum absolute atomic E-state index is 0.619. The maximum Gasteiger partial charge on any atom is 0.179 e. The molecule has 0 aliphatic carbocycles. The van der Waals surface area contributed by atoms with E-state index in [-0.39, 0.29) is 0 Å². The van der Waals surface area contributed by atoms with Gasteiger partial charge in [0.2, 0.25) is 0 Å². The zero-order chi connectivity index (χ0) is 9.97. The monoisotopic (exact) mass is 190 g/mol. The summed E-state index contributed by atoms with van der Waals surface area (Å²) in [6, 6.07) is 3.74. The third-order valence-corrected chi connectivity index (χ3v) is 1.98. The molecule has 0 spiro atoms. The number of aromatic nitrogens is 2. The van der Waals surface area contributed by atoms with Gasteiger partial charge < -0.3 is 9.47 Å². The van der Waals surface area contributed by atoms with E-state index in [0.717, 1.165) is 5.39 Å². The summed E-state index contributed by atoms with van der Waals surface area (Å²) in [7, 11) is 3.19. The van der Waals surface area contributed by atoms with Crippen molar-refractivity contribution in [2.24, 2.45) is 0 Å². The van der Waals surface area contributed by atoms with Crippen LogP contribution in [0, 0.1) is 0 Å². The summed E-state index contributed by atoms with van der Waals surface area (Å²) >= 11 is 0. The second-order valence-corrected chi connectivity index (χ2v) is 2.73. The van der Waals surface area contributed by atoms with E-state index in [1.807, 2.05) is 12.1 Å². The van der Waals surface area contributed by atoms with E-state index in [4.69, 9.17) is 9.47 Å². The summed E-state index contributed by atoms with van der Waals surface area (Å²) < 4.78 is 10.4. The normalized spacial score (nSPS) is 10.1. The van der Waals surface area contributed by atoms with Gasteiger partial charge in [0.05, 0.1) is 25.8 Å². The molecule has 0 atom stereocenters. The molecule has 0 bridgehead atoms. The molecule has 0 fully saturated rings. The molecule has 2 rings (SSSR count). The lowest BCUT2D eigenvalue weighted by molar-refractivity contribution is 0.357. The van der Waals surface area contributed by atoms with E-state index in [0.29, 0.717) is 17.1 Å². The van der Waals surface area contributed by atoms with Crippen molar-refractivity contribution in [2.45, 2.75) is 0 Å². The summed E-state index contributed by atoms with van der Waals surface area (Å²) in [4.78, 5) is 8.26. The van der Waals surface area contributed by atoms with Gasteiger partial charge in [-0.15, -0.1) is 0 Å². The molecule has 4 nitrogen and oxygen atoms in total. The highest BCUT2D eigenvalue weighted by Gasteiger charge is 2.09. The van der Waals surface area contributed by atoms with E-state index in [1.54, 1.807) is 26.6 Å². The Morgan fingerprint density at radius 2 is 2.00 bits per heavy atom. The Balaban J connectivity index is 2.77. The van der Waals surface area contributed by atoms with Gasteiger partial charge in [-0.2, -0.15) is 0 Å².